The third-order valence-corrected chi connectivity index (χ3v) is 3.55. The van der Waals surface area contributed by atoms with E-state index in [1.165, 1.54) is 19.2 Å². The van der Waals surface area contributed by atoms with Crippen LogP contribution in [0.25, 0.3) is 0 Å². The number of amides is 2. The van der Waals surface area contributed by atoms with Gasteiger partial charge in [-0.15, -0.1) is 0 Å². The van der Waals surface area contributed by atoms with Crippen LogP contribution in [-0.2, 0) is 16.1 Å². The lowest BCUT2D eigenvalue weighted by Crippen LogP contribution is -2.43. The van der Waals surface area contributed by atoms with Crippen LogP contribution in [0.1, 0.15) is 25.3 Å². The van der Waals surface area contributed by atoms with Gasteiger partial charge in [0.15, 0.2) is 11.6 Å². The van der Waals surface area contributed by atoms with Gasteiger partial charge in [-0.25, -0.2) is 4.39 Å². The van der Waals surface area contributed by atoms with Gasteiger partial charge in [0.25, 0.3) is 0 Å². The zero-order chi connectivity index (χ0) is 15.4. The smallest absolute Gasteiger partial charge is 0.245 e. The highest BCUT2D eigenvalue weighted by Gasteiger charge is 2.28. The second kappa shape index (κ2) is 6.56. The molecule has 6 heteroatoms. The number of halogens is 1. The van der Waals surface area contributed by atoms with Gasteiger partial charge in [-0.05, 0) is 24.1 Å². The van der Waals surface area contributed by atoms with Gasteiger partial charge in [0.2, 0.25) is 11.8 Å². The van der Waals surface area contributed by atoms with Crippen LogP contribution in [0.15, 0.2) is 18.2 Å². The lowest BCUT2D eigenvalue weighted by Gasteiger charge is -2.23. The SMILES string of the molecule is CCC1NC(=O)CCN(Cc2ccc(OC)c(F)c2)C1=O. The molecule has 1 atom stereocenters. The van der Waals surface area contributed by atoms with E-state index in [0.717, 1.165) is 0 Å². The van der Waals surface area contributed by atoms with Crippen molar-refractivity contribution in [1.29, 1.82) is 0 Å². The zero-order valence-corrected chi connectivity index (χ0v) is 12.2. The maximum absolute atomic E-state index is 13.7. The Labute approximate surface area is 123 Å². The summed E-state index contributed by atoms with van der Waals surface area (Å²) < 4.78 is 18.6. The van der Waals surface area contributed by atoms with Crippen molar-refractivity contribution in [3.63, 3.8) is 0 Å². The lowest BCUT2D eigenvalue weighted by molar-refractivity contribution is -0.134. The van der Waals surface area contributed by atoms with Crippen molar-refractivity contribution in [3.8, 4) is 5.75 Å². The first-order valence-electron chi connectivity index (χ1n) is 6.95. The monoisotopic (exact) mass is 294 g/mol. The van der Waals surface area contributed by atoms with Crippen molar-refractivity contribution < 1.29 is 18.7 Å². The van der Waals surface area contributed by atoms with E-state index in [4.69, 9.17) is 4.74 Å². The highest BCUT2D eigenvalue weighted by Crippen LogP contribution is 2.19. The maximum atomic E-state index is 13.7. The van der Waals surface area contributed by atoms with Gasteiger partial charge in [-0.3, -0.25) is 9.59 Å². The molecular formula is C15H19FN2O3. The minimum absolute atomic E-state index is 0.125. The first-order chi connectivity index (χ1) is 10.0. The molecule has 1 aromatic rings. The number of nitrogens with one attached hydrogen (secondary N) is 1. The predicted octanol–water partition coefficient (Wildman–Crippen LogP) is 1.46. The van der Waals surface area contributed by atoms with E-state index in [0.29, 0.717) is 18.5 Å². The van der Waals surface area contributed by atoms with E-state index < -0.39 is 11.9 Å². The fourth-order valence-corrected chi connectivity index (χ4v) is 2.36. The minimum atomic E-state index is -0.497. The van der Waals surface area contributed by atoms with Crippen molar-refractivity contribution in [2.24, 2.45) is 0 Å². The molecule has 2 amide bonds. The van der Waals surface area contributed by atoms with Crippen LogP contribution in [0.2, 0.25) is 0 Å². The number of ether oxygens (including phenoxy) is 1. The Bertz CT molecular complexity index is 548. The van der Waals surface area contributed by atoms with E-state index in [-0.39, 0.29) is 30.5 Å². The van der Waals surface area contributed by atoms with Gasteiger partial charge in [0.05, 0.1) is 7.11 Å². The fourth-order valence-electron chi connectivity index (χ4n) is 2.36. The number of methoxy groups -OCH3 is 1. The number of hydrogen-bond donors (Lipinski definition) is 1. The molecule has 1 heterocycles. The van der Waals surface area contributed by atoms with Crippen LogP contribution in [-0.4, -0.2) is 36.4 Å². The number of carbonyl (C=O) groups is 2. The Kier molecular flexibility index (Phi) is 4.77. The quantitative estimate of drug-likeness (QED) is 0.914. The summed E-state index contributed by atoms with van der Waals surface area (Å²) in [5.74, 6) is -0.541. The molecule has 5 nitrogen and oxygen atoms in total. The molecule has 0 aromatic heterocycles. The summed E-state index contributed by atoms with van der Waals surface area (Å²) in [6.45, 7) is 2.47. The molecule has 0 bridgehead atoms. The summed E-state index contributed by atoms with van der Waals surface area (Å²) in [6, 6.07) is 4.11. The molecule has 0 spiro atoms. The molecule has 1 N–H and O–H groups in total. The molecule has 1 aliphatic rings. The average molecular weight is 294 g/mol. The molecular weight excluding hydrogens is 275 g/mol. The third-order valence-electron chi connectivity index (χ3n) is 3.55. The number of rotatable bonds is 4. The summed E-state index contributed by atoms with van der Waals surface area (Å²) >= 11 is 0. The average Bonchev–Trinajstić information content (AvgIpc) is 2.60. The molecule has 1 aromatic carbocycles. The first-order valence-corrected chi connectivity index (χ1v) is 6.95. The summed E-state index contributed by atoms with van der Waals surface area (Å²) in [6.07, 6.45) is 0.804. The zero-order valence-electron chi connectivity index (χ0n) is 12.2. The standard InChI is InChI=1S/C15H19FN2O3/c1-3-12-15(20)18(7-6-14(19)17-12)9-10-4-5-13(21-2)11(16)8-10/h4-5,8,12H,3,6-7,9H2,1-2H3,(H,17,19). The molecule has 1 fully saturated rings. The van der Waals surface area contributed by atoms with E-state index in [2.05, 4.69) is 5.32 Å². The molecule has 1 aliphatic heterocycles. The molecule has 21 heavy (non-hydrogen) atoms. The van der Waals surface area contributed by atoms with E-state index in [1.807, 2.05) is 6.92 Å². The molecule has 1 unspecified atom stereocenters. The lowest BCUT2D eigenvalue weighted by atomic mass is 10.1. The summed E-state index contributed by atoms with van der Waals surface area (Å²) in [4.78, 5) is 25.5. The molecule has 114 valence electrons. The Balaban J connectivity index is 2.15. The normalized spacial score (nSPS) is 19.2. The second-order valence-corrected chi connectivity index (χ2v) is 5.01. The Morgan fingerprint density at radius 2 is 2.19 bits per heavy atom. The van der Waals surface area contributed by atoms with E-state index in [1.54, 1.807) is 11.0 Å². The Hall–Kier alpha value is -2.11. The van der Waals surface area contributed by atoms with E-state index >= 15 is 0 Å². The maximum Gasteiger partial charge on any atom is 0.245 e. The molecule has 0 radical (unpaired) electrons. The Morgan fingerprint density at radius 1 is 1.43 bits per heavy atom. The molecule has 1 saturated heterocycles. The summed E-state index contributed by atoms with van der Waals surface area (Å²) in [7, 11) is 1.40. The van der Waals surface area contributed by atoms with Gasteiger partial charge in [0, 0.05) is 19.5 Å². The third kappa shape index (κ3) is 3.51. The summed E-state index contributed by atoms with van der Waals surface area (Å²) in [5.41, 5.74) is 0.672. The topological polar surface area (TPSA) is 58.6 Å². The van der Waals surface area contributed by atoms with Gasteiger partial charge < -0.3 is 15.0 Å². The van der Waals surface area contributed by atoms with Crippen molar-refractivity contribution in [2.75, 3.05) is 13.7 Å². The minimum Gasteiger partial charge on any atom is -0.494 e. The van der Waals surface area contributed by atoms with Crippen LogP contribution >= 0.6 is 0 Å². The van der Waals surface area contributed by atoms with Gasteiger partial charge >= 0.3 is 0 Å². The van der Waals surface area contributed by atoms with Gasteiger partial charge in [-0.2, -0.15) is 0 Å². The first kappa shape index (κ1) is 15.3. The van der Waals surface area contributed by atoms with Crippen LogP contribution in [0.4, 0.5) is 4.39 Å². The van der Waals surface area contributed by atoms with Crippen LogP contribution < -0.4 is 10.1 Å². The highest BCUT2D eigenvalue weighted by atomic mass is 19.1. The molecule has 0 aliphatic carbocycles. The highest BCUT2D eigenvalue weighted by molar-refractivity contribution is 5.89. The Morgan fingerprint density at radius 3 is 2.81 bits per heavy atom. The number of benzene rings is 1. The number of nitrogens with zero attached hydrogens (tertiary/aromatic N) is 1. The van der Waals surface area contributed by atoms with Crippen LogP contribution in [0, 0.1) is 5.82 Å². The van der Waals surface area contributed by atoms with Crippen molar-refractivity contribution >= 4 is 11.8 Å². The predicted molar refractivity (Wildman–Crippen MR) is 75.2 cm³/mol. The second-order valence-electron chi connectivity index (χ2n) is 5.01. The number of hydrogen-bond acceptors (Lipinski definition) is 3. The number of carbonyl (C=O) groups excluding carboxylic acids is 2. The summed E-state index contributed by atoms with van der Waals surface area (Å²) in [5, 5.41) is 2.70. The van der Waals surface area contributed by atoms with Gasteiger partial charge in [-0.1, -0.05) is 13.0 Å². The van der Waals surface area contributed by atoms with Crippen LogP contribution in [0.3, 0.4) is 0 Å². The molecule has 0 saturated carbocycles. The van der Waals surface area contributed by atoms with Crippen molar-refractivity contribution in [1.82, 2.24) is 10.2 Å². The fraction of sp³-hybridized carbons (Fsp3) is 0.467. The van der Waals surface area contributed by atoms with E-state index in [9.17, 15) is 14.0 Å². The van der Waals surface area contributed by atoms with Crippen LogP contribution in [0.5, 0.6) is 5.75 Å². The molecule has 2 rings (SSSR count). The van der Waals surface area contributed by atoms with Crippen molar-refractivity contribution in [3.05, 3.63) is 29.6 Å². The van der Waals surface area contributed by atoms with Crippen molar-refractivity contribution in [2.45, 2.75) is 32.4 Å². The van der Waals surface area contributed by atoms with Gasteiger partial charge in [0.1, 0.15) is 6.04 Å². The largest absolute Gasteiger partial charge is 0.494 e.